The van der Waals surface area contributed by atoms with E-state index in [0.717, 1.165) is 5.56 Å². The Morgan fingerprint density at radius 1 is 1.09 bits per heavy atom. The molecule has 0 bridgehead atoms. The molecule has 0 spiro atoms. The summed E-state index contributed by atoms with van der Waals surface area (Å²) in [7, 11) is 0. The molecule has 7 nitrogen and oxygen atoms in total. The number of carbonyl (C=O) groups is 2. The Balaban J connectivity index is 1.36. The van der Waals surface area contributed by atoms with E-state index in [1.54, 1.807) is 11.0 Å². The SMILES string of the molecule is CC(C)(C)OC(=O)N1C[C@@H](C(=O)N[C@H]2C[C@H](Oc3ccc(F)nc3)C2)[C@H](c2ccccc2)C1. The number of nitrogens with one attached hydrogen (secondary N) is 1. The van der Waals surface area contributed by atoms with Crippen molar-refractivity contribution >= 4 is 12.0 Å². The summed E-state index contributed by atoms with van der Waals surface area (Å²) >= 11 is 0. The molecule has 2 amide bonds. The Bertz CT molecular complexity index is 971. The van der Waals surface area contributed by atoms with Gasteiger partial charge in [0.25, 0.3) is 0 Å². The zero-order valence-corrected chi connectivity index (χ0v) is 19.2. The van der Waals surface area contributed by atoms with Crippen molar-refractivity contribution in [3.8, 4) is 5.75 Å². The van der Waals surface area contributed by atoms with Gasteiger partial charge in [-0.25, -0.2) is 9.78 Å². The van der Waals surface area contributed by atoms with E-state index in [9.17, 15) is 14.0 Å². The molecule has 8 heteroatoms. The van der Waals surface area contributed by atoms with Crippen molar-refractivity contribution in [2.24, 2.45) is 5.92 Å². The predicted molar refractivity (Wildman–Crippen MR) is 120 cm³/mol. The number of hydrogen-bond donors (Lipinski definition) is 1. The molecule has 1 aliphatic carbocycles. The highest BCUT2D eigenvalue weighted by molar-refractivity contribution is 5.82. The molecular formula is C25H30FN3O4. The van der Waals surface area contributed by atoms with Crippen LogP contribution in [-0.4, -0.2) is 52.7 Å². The van der Waals surface area contributed by atoms with E-state index in [2.05, 4.69) is 10.3 Å². The number of nitrogens with zero attached hydrogens (tertiary/aromatic N) is 2. The highest BCUT2D eigenvalue weighted by atomic mass is 19.1. The number of ether oxygens (including phenoxy) is 2. The molecule has 4 rings (SSSR count). The van der Waals surface area contributed by atoms with Gasteiger partial charge >= 0.3 is 6.09 Å². The van der Waals surface area contributed by atoms with Crippen molar-refractivity contribution in [1.29, 1.82) is 0 Å². The second kappa shape index (κ2) is 9.37. The molecule has 1 saturated carbocycles. The maximum Gasteiger partial charge on any atom is 0.410 e. The van der Waals surface area contributed by atoms with E-state index in [-0.39, 0.29) is 29.9 Å². The smallest absolute Gasteiger partial charge is 0.410 e. The lowest BCUT2D eigenvalue weighted by Gasteiger charge is -2.36. The van der Waals surface area contributed by atoms with E-state index in [1.165, 1.54) is 12.3 Å². The fourth-order valence-corrected chi connectivity index (χ4v) is 4.30. The van der Waals surface area contributed by atoms with Crippen molar-refractivity contribution in [1.82, 2.24) is 15.2 Å². The van der Waals surface area contributed by atoms with Gasteiger partial charge in [-0.1, -0.05) is 30.3 Å². The van der Waals surface area contributed by atoms with E-state index in [0.29, 0.717) is 31.7 Å². The largest absolute Gasteiger partial charge is 0.489 e. The molecule has 1 aromatic carbocycles. The van der Waals surface area contributed by atoms with Gasteiger partial charge in [0, 0.05) is 37.9 Å². The van der Waals surface area contributed by atoms with Crippen molar-refractivity contribution in [2.45, 2.75) is 57.3 Å². The number of likely N-dealkylation sites (tertiary alicyclic amines) is 1. The first-order chi connectivity index (χ1) is 15.7. The van der Waals surface area contributed by atoms with Crippen LogP contribution in [0.5, 0.6) is 5.75 Å². The average molecular weight is 456 g/mol. The first kappa shape index (κ1) is 23.0. The normalized spacial score (nSPS) is 24.7. The highest BCUT2D eigenvalue weighted by Crippen LogP contribution is 2.35. The molecule has 2 atom stereocenters. The Kier molecular flexibility index (Phi) is 6.54. The molecule has 2 aliphatic rings. The lowest BCUT2D eigenvalue weighted by molar-refractivity contribution is -0.126. The Hall–Kier alpha value is -3.16. The van der Waals surface area contributed by atoms with Gasteiger partial charge in [-0.3, -0.25) is 4.79 Å². The molecule has 1 saturated heterocycles. The van der Waals surface area contributed by atoms with Gasteiger partial charge in [0.1, 0.15) is 17.5 Å². The predicted octanol–water partition coefficient (Wildman–Crippen LogP) is 3.90. The highest BCUT2D eigenvalue weighted by Gasteiger charge is 2.43. The standard InChI is InChI=1S/C25H30FN3O4/c1-25(2,3)33-24(31)29-14-20(16-7-5-4-6-8-16)21(15-29)23(30)28-17-11-19(12-17)32-18-9-10-22(26)27-13-18/h4-10,13,17,19-21H,11-12,14-15H2,1-3H3,(H,28,30)/t17-,19-,20-,21+/m0/s1. The summed E-state index contributed by atoms with van der Waals surface area (Å²) in [6.45, 7) is 6.24. The molecule has 0 radical (unpaired) electrons. The molecule has 1 N–H and O–H groups in total. The van der Waals surface area contributed by atoms with Gasteiger partial charge in [-0.15, -0.1) is 0 Å². The van der Waals surface area contributed by atoms with Crippen LogP contribution in [0.1, 0.15) is 45.1 Å². The summed E-state index contributed by atoms with van der Waals surface area (Å²) in [4.78, 5) is 31.1. The molecular weight excluding hydrogens is 425 g/mol. The minimum Gasteiger partial charge on any atom is -0.489 e. The average Bonchev–Trinajstić information content (AvgIpc) is 3.19. The fourth-order valence-electron chi connectivity index (χ4n) is 4.30. The molecule has 176 valence electrons. The molecule has 1 aromatic heterocycles. The topological polar surface area (TPSA) is 80.8 Å². The van der Waals surface area contributed by atoms with Gasteiger partial charge in [-0.2, -0.15) is 4.39 Å². The van der Waals surface area contributed by atoms with Crippen molar-refractivity contribution in [3.63, 3.8) is 0 Å². The number of hydrogen-bond acceptors (Lipinski definition) is 5. The van der Waals surface area contributed by atoms with E-state index in [1.807, 2.05) is 51.1 Å². The summed E-state index contributed by atoms with van der Waals surface area (Å²) in [5, 5.41) is 3.12. The summed E-state index contributed by atoms with van der Waals surface area (Å²) in [5.74, 6) is -0.565. The van der Waals surface area contributed by atoms with Crippen LogP contribution in [0, 0.1) is 11.9 Å². The number of pyridine rings is 1. The number of benzene rings is 1. The first-order valence-corrected chi connectivity index (χ1v) is 11.3. The van der Waals surface area contributed by atoms with Crippen LogP contribution in [-0.2, 0) is 9.53 Å². The molecule has 33 heavy (non-hydrogen) atoms. The van der Waals surface area contributed by atoms with Crippen LogP contribution < -0.4 is 10.1 Å². The molecule has 0 unspecified atom stereocenters. The summed E-state index contributed by atoms with van der Waals surface area (Å²) in [6.07, 6.45) is 2.25. The quantitative estimate of drug-likeness (QED) is 0.692. The second-order valence-corrected chi connectivity index (χ2v) is 9.74. The lowest BCUT2D eigenvalue weighted by Crippen LogP contribution is -2.51. The lowest BCUT2D eigenvalue weighted by atomic mass is 9.85. The molecule has 2 heterocycles. The summed E-state index contributed by atoms with van der Waals surface area (Å²) in [5.41, 5.74) is 0.433. The van der Waals surface area contributed by atoms with E-state index >= 15 is 0 Å². The number of rotatable bonds is 5. The number of halogens is 1. The van der Waals surface area contributed by atoms with Gasteiger partial charge in [0.2, 0.25) is 11.9 Å². The zero-order valence-electron chi connectivity index (χ0n) is 19.2. The van der Waals surface area contributed by atoms with Crippen LogP contribution in [0.2, 0.25) is 0 Å². The zero-order chi connectivity index (χ0) is 23.6. The van der Waals surface area contributed by atoms with Crippen molar-refractivity contribution < 1.29 is 23.5 Å². The van der Waals surface area contributed by atoms with Gasteiger partial charge in [0.15, 0.2) is 0 Å². The van der Waals surface area contributed by atoms with E-state index < -0.39 is 17.6 Å². The summed E-state index contributed by atoms with van der Waals surface area (Å²) < 4.78 is 24.3. The number of carbonyl (C=O) groups excluding carboxylic acids is 2. The van der Waals surface area contributed by atoms with Gasteiger partial charge < -0.3 is 19.7 Å². The van der Waals surface area contributed by atoms with Crippen LogP contribution >= 0.6 is 0 Å². The third-order valence-corrected chi connectivity index (χ3v) is 5.98. The Morgan fingerprint density at radius 3 is 2.45 bits per heavy atom. The maximum atomic E-state index is 13.2. The molecule has 1 aliphatic heterocycles. The molecule has 2 aromatic rings. The van der Waals surface area contributed by atoms with Crippen LogP contribution in [0.25, 0.3) is 0 Å². The first-order valence-electron chi connectivity index (χ1n) is 11.3. The van der Waals surface area contributed by atoms with Crippen molar-refractivity contribution in [2.75, 3.05) is 13.1 Å². The van der Waals surface area contributed by atoms with Gasteiger partial charge in [-0.05, 0) is 38.5 Å². The summed E-state index contributed by atoms with van der Waals surface area (Å²) in [6, 6.07) is 12.6. The Labute approximate surface area is 193 Å². The van der Waals surface area contributed by atoms with Crippen LogP contribution in [0.3, 0.4) is 0 Å². The van der Waals surface area contributed by atoms with Crippen LogP contribution in [0.15, 0.2) is 48.7 Å². The maximum absolute atomic E-state index is 13.2. The third-order valence-electron chi connectivity index (χ3n) is 5.98. The van der Waals surface area contributed by atoms with Gasteiger partial charge in [0.05, 0.1) is 12.1 Å². The second-order valence-electron chi connectivity index (χ2n) is 9.74. The number of aromatic nitrogens is 1. The Morgan fingerprint density at radius 2 is 1.82 bits per heavy atom. The molecule has 2 fully saturated rings. The minimum absolute atomic E-state index is 0.00269. The van der Waals surface area contributed by atoms with Crippen LogP contribution in [0.4, 0.5) is 9.18 Å². The minimum atomic E-state index is -0.597. The number of amides is 2. The van der Waals surface area contributed by atoms with E-state index in [4.69, 9.17) is 9.47 Å². The third kappa shape index (κ3) is 5.80. The fraction of sp³-hybridized carbons (Fsp3) is 0.480. The van der Waals surface area contributed by atoms with Crippen molar-refractivity contribution in [3.05, 3.63) is 60.2 Å². The monoisotopic (exact) mass is 455 g/mol.